The van der Waals surface area contributed by atoms with Crippen molar-refractivity contribution in [1.29, 1.82) is 0 Å². The molecule has 118 valence electrons. The van der Waals surface area contributed by atoms with E-state index in [1.165, 1.54) is 18.4 Å². The fourth-order valence-corrected chi connectivity index (χ4v) is 3.19. The SMILES string of the molecule is CCN(C1CC1)C(C)(CN)Cc1ccc(OC)c(OC)c1. The number of nitrogens with two attached hydrogens (primary N) is 1. The molecule has 0 radical (unpaired) electrons. The van der Waals surface area contributed by atoms with Gasteiger partial charge >= 0.3 is 0 Å². The first-order valence-electron chi connectivity index (χ1n) is 7.75. The summed E-state index contributed by atoms with van der Waals surface area (Å²) in [6.45, 7) is 6.20. The van der Waals surface area contributed by atoms with Crippen LogP contribution in [0.15, 0.2) is 18.2 Å². The van der Waals surface area contributed by atoms with Gasteiger partial charge < -0.3 is 15.2 Å². The van der Waals surface area contributed by atoms with E-state index in [1.807, 2.05) is 6.07 Å². The molecule has 1 fully saturated rings. The Morgan fingerprint density at radius 1 is 1.24 bits per heavy atom. The molecule has 0 spiro atoms. The summed E-state index contributed by atoms with van der Waals surface area (Å²) in [5.74, 6) is 1.55. The van der Waals surface area contributed by atoms with E-state index in [0.717, 1.165) is 24.5 Å². The summed E-state index contributed by atoms with van der Waals surface area (Å²) in [5, 5.41) is 0. The van der Waals surface area contributed by atoms with E-state index in [9.17, 15) is 0 Å². The molecule has 0 amide bonds. The second-order valence-corrected chi connectivity index (χ2v) is 6.08. The van der Waals surface area contributed by atoms with Crippen molar-refractivity contribution in [1.82, 2.24) is 4.90 Å². The number of benzene rings is 1. The van der Waals surface area contributed by atoms with Crippen LogP contribution in [0.1, 0.15) is 32.3 Å². The Labute approximate surface area is 128 Å². The smallest absolute Gasteiger partial charge is 0.160 e. The molecule has 21 heavy (non-hydrogen) atoms. The molecular weight excluding hydrogens is 264 g/mol. The Kier molecular flexibility index (Phi) is 5.12. The van der Waals surface area contributed by atoms with Gasteiger partial charge in [-0.15, -0.1) is 0 Å². The van der Waals surface area contributed by atoms with Crippen LogP contribution in [0.4, 0.5) is 0 Å². The predicted molar refractivity (Wildman–Crippen MR) is 86.1 cm³/mol. The first kappa shape index (κ1) is 16.1. The first-order valence-corrected chi connectivity index (χ1v) is 7.75. The molecule has 1 saturated carbocycles. The highest BCUT2D eigenvalue weighted by Crippen LogP contribution is 2.35. The maximum atomic E-state index is 6.13. The number of likely N-dealkylation sites (N-methyl/N-ethyl adjacent to an activating group) is 1. The molecule has 4 heteroatoms. The molecule has 1 aromatic rings. The molecule has 0 aromatic heterocycles. The van der Waals surface area contributed by atoms with E-state index in [0.29, 0.717) is 12.6 Å². The fraction of sp³-hybridized carbons (Fsp3) is 0.647. The lowest BCUT2D eigenvalue weighted by molar-refractivity contribution is 0.107. The highest BCUT2D eigenvalue weighted by Gasteiger charge is 2.39. The van der Waals surface area contributed by atoms with Gasteiger partial charge in [0.1, 0.15) is 0 Å². The average molecular weight is 292 g/mol. The van der Waals surface area contributed by atoms with E-state index < -0.39 is 0 Å². The lowest BCUT2D eigenvalue weighted by Crippen LogP contribution is -2.54. The number of hydrogen-bond donors (Lipinski definition) is 1. The Hall–Kier alpha value is -1.26. The first-order chi connectivity index (χ1) is 10.1. The summed E-state index contributed by atoms with van der Waals surface area (Å²) in [4.78, 5) is 2.56. The monoisotopic (exact) mass is 292 g/mol. The summed E-state index contributed by atoms with van der Waals surface area (Å²) >= 11 is 0. The lowest BCUT2D eigenvalue weighted by Gasteiger charge is -2.40. The van der Waals surface area contributed by atoms with Crippen LogP contribution in [-0.4, -0.2) is 43.8 Å². The summed E-state index contributed by atoms with van der Waals surface area (Å²) in [6.07, 6.45) is 3.53. The molecule has 0 aliphatic heterocycles. The molecule has 1 aromatic carbocycles. The van der Waals surface area contributed by atoms with Crippen LogP contribution in [0.25, 0.3) is 0 Å². The molecule has 1 atom stereocenters. The van der Waals surface area contributed by atoms with Crippen LogP contribution >= 0.6 is 0 Å². The van der Waals surface area contributed by atoms with Gasteiger partial charge in [0.05, 0.1) is 14.2 Å². The van der Waals surface area contributed by atoms with Crippen molar-refractivity contribution in [2.24, 2.45) is 5.73 Å². The highest BCUT2D eigenvalue weighted by atomic mass is 16.5. The van der Waals surface area contributed by atoms with E-state index in [-0.39, 0.29) is 5.54 Å². The van der Waals surface area contributed by atoms with E-state index in [2.05, 4.69) is 30.9 Å². The molecule has 2 N–H and O–H groups in total. The van der Waals surface area contributed by atoms with Gasteiger partial charge in [-0.25, -0.2) is 0 Å². The number of ether oxygens (including phenoxy) is 2. The third-order valence-corrected chi connectivity index (χ3v) is 4.49. The molecule has 1 aliphatic carbocycles. The minimum Gasteiger partial charge on any atom is -0.493 e. The van der Waals surface area contributed by atoms with Crippen molar-refractivity contribution >= 4 is 0 Å². The molecule has 1 unspecified atom stereocenters. The zero-order chi connectivity index (χ0) is 15.5. The zero-order valence-electron chi connectivity index (χ0n) is 13.7. The Balaban J connectivity index is 2.21. The van der Waals surface area contributed by atoms with Gasteiger partial charge in [0.25, 0.3) is 0 Å². The topological polar surface area (TPSA) is 47.7 Å². The van der Waals surface area contributed by atoms with Crippen LogP contribution < -0.4 is 15.2 Å². The van der Waals surface area contributed by atoms with Crippen LogP contribution in [0, 0.1) is 0 Å². The molecule has 4 nitrogen and oxygen atoms in total. The second kappa shape index (κ2) is 6.67. The van der Waals surface area contributed by atoms with Gasteiger partial charge in [0.15, 0.2) is 11.5 Å². The van der Waals surface area contributed by atoms with Gasteiger partial charge in [-0.05, 0) is 50.4 Å². The third-order valence-electron chi connectivity index (χ3n) is 4.49. The van der Waals surface area contributed by atoms with E-state index >= 15 is 0 Å². The number of methoxy groups -OCH3 is 2. The van der Waals surface area contributed by atoms with Crippen LogP contribution in [0.5, 0.6) is 11.5 Å². The Bertz CT molecular complexity index is 474. The maximum Gasteiger partial charge on any atom is 0.160 e. The van der Waals surface area contributed by atoms with Crippen molar-refractivity contribution < 1.29 is 9.47 Å². The lowest BCUT2D eigenvalue weighted by atomic mass is 9.90. The molecular formula is C17H28N2O2. The van der Waals surface area contributed by atoms with Gasteiger partial charge in [-0.3, -0.25) is 4.90 Å². The Morgan fingerprint density at radius 2 is 1.90 bits per heavy atom. The van der Waals surface area contributed by atoms with Crippen LogP contribution in [0.2, 0.25) is 0 Å². The summed E-state index contributed by atoms with van der Waals surface area (Å²) < 4.78 is 10.7. The predicted octanol–water partition coefficient (Wildman–Crippen LogP) is 2.45. The molecule has 0 bridgehead atoms. The van der Waals surface area contributed by atoms with Crippen molar-refractivity contribution in [3.63, 3.8) is 0 Å². The normalized spacial score (nSPS) is 17.6. The van der Waals surface area contributed by atoms with Gasteiger partial charge in [-0.2, -0.15) is 0 Å². The third kappa shape index (κ3) is 3.50. The fourth-order valence-electron chi connectivity index (χ4n) is 3.19. The van der Waals surface area contributed by atoms with Gasteiger partial charge in [0, 0.05) is 18.1 Å². The molecule has 0 heterocycles. The quantitative estimate of drug-likeness (QED) is 0.799. The number of nitrogens with zero attached hydrogens (tertiary/aromatic N) is 1. The van der Waals surface area contributed by atoms with Crippen molar-refractivity contribution in [2.75, 3.05) is 27.3 Å². The molecule has 2 rings (SSSR count). The highest BCUT2D eigenvalue weighted by molar-refractivity contribution is 5.43. The van der Waals surface area contributed by atoms with Gasteiger partial charge in [-0.1, -0.05) is 13.0 Å². The zero-order valence-corrected chi connectivity index (χ0v) is 13.7. The average Bonchev–Trinajstić information content (AvgIpc) is 3.32. The second-order valence-electron chi connectivity index (χ2n) is 6.08. The molecule has 0 saturated heterocycles. The molecule has 1 aliphatic rings. The standard InChI is InChI=1S/C17H28N2O2/c1-5-19(14-7-8-14)17(2,12-18)11-13-6-9-15(20-3)16(10-13)21-4/h6,9-10,14H,5,7-8,11-12,18H2,1-4H3. The van der Waals surface area contributed by atoms with Crippen molar-refractivity contribution in [3.8, 4) is 11.5 Å². The van der Waals surface area contributed by atoms with E-state index in [4.69, 9.17) is 15.2 Å². The summed E-state index contributed by atoms with van der Waals surface area (Å²) in [6, 6.07) is 6.85. The van der Waals surface area contributed by atoms with E-state index in [1.54, 1.807) is 14.2 Å². The van der Waals surface area contributed by atoms with Gasteiger partial charge in [0.2, 0.25) is 0 Å². The maximum absolute atomic E-state index is 6.13. The number of hydrogen-bond acceptors (Lipinski definition) is 4. The Morgan fingerprint density at radius 3 is 2.38 bits per heavy atom. The van der Waals surface area contributed by atoms with Crippen molar-refractivity contribution in [3.05, 3.63) is 23.8 Å². The van der Waals surface area contributed by atoms with Crippen LogP contribution in [0.3, 0.4) is 0 Å². The minimum atomic E-state index is -0.00445. The summed E-state index contributed by atoms with van der Waals surface area (Å²) in [5.41, 5.74) is 7.36. The summed E-state index contributed by atoms with van der Waals surface area (Å²) in [7, 11) is 3.33. The number of rotatable bonds is 8. The minimum absolute atomic E-state index is 0.00445. The van der Waals surface area contributed by atoms with Crippen LogP contribution in [-0.2, 0) is 6.42 Å². The van der Waals surface area contributed by atoms with Crippen molar-refractivity contribution in [2.45, 2.75) is 44.7 Å². The largest absolute Gasteiger partial charge is 0.493 e.